The van der Waals surface area contributed by atoms with Gasteiger partial charge in [0, 0.05) is 25.0 Å². The molecule has 2 atom stereocenters. The number of rotatable bonds is 5. The normalized spacial score (nSPS) is 26.7. The largest absolute Gasteiger partial charge is 0.503 e. The van der Waals surface area contributed by atoms with Gasteiger partial charge < -0.3 is 21.9 Å². The number of hydrogen-bond acceptors (Lipinski definition) is 6. The Morgan fingerprint density at radius 3 is 3.21 bits per heavy atom. The number of pyridine rings is 1. The average Bonchev–Trinajstić information content (AvgIpc) is 2.74. The third kappa shape index (κ3) is 3.94. The smallest absolute Gasteiger partial charge is 0.229 e. The second-order valence-corrected chi connectivity index (χ2v) is 7.56. The van der Waals surface area contributed by atoms with Crippen LogP contribution in [-0.4, -0.2) is 28.9 Å². The molecule has 0 saturated carbocycles. The molecule has 106 valence electrons. The summed E-state index contributed by atoms with van der Waals surface area (Å²) in [6.07, 6.45) is 3.92. The Balaban J connectivity index is 1.94. The second kappa shape index (κ2) is 6.24. The van der Waals surface area contributed by atoms with Gasteiger partial charge in [0.15, 0.2) is 5.75 Å². The highest BCUT2D eigenvalue weighted by molar-refractivity contribution is 8.37. The van der Waals surface area contributed by atoms with Crippen LogP contribution in [0.2, 0.25) is 0 Å². The molecule has 1 fully saturated rings. The van der Waals surface area contributed by atoms with Gasteiger partial charge in [-0.2, -0.15) is 5.09 Å². The van der Waals surface area contributed by atoms with Gasteiger partial charge in [-0.25, -0.2) is 9.05 Å². The molecule has 8 heteroatoms. The van der Waals surface area contributed by atoms with Gasteiger partial charge in [-0.3, -0.25) is 4.79 Å². The van der Waals surface area contributed by atoms with Gasteiger partial charge in [0.1, 0.15) is 6.61 Å². The molecule has 0 spiro atoms. The van der Waals surface area contributed by atoms with Gasteiger partial charge in [0.25, 0.3) is 0 Å². The molecule has 2 heterocycles. The summed E-state index contributed by atoms with van der Waals surface area (Å²) in [7, 11) is -2.36. The van der Waals surface area contributed by atoms with E-state index < -0.39 is 7.07 Å². The van der Waals surface area contributed by atoms with E-state index in [0.29, 0.717) is 19.8 Å². The van der Waals surface area contributed by atoms with Crippen molar-refractivity contribution in [3.05, 3.63) is 28.7 Å². The van der Waals surface area contributed by atoms with Crippen molar-refractivity contribution in [2.24, 2.45) is 0 Å². The van der Waals surface area contributed by atoms with Crippen molar-refractivity contribution in [3.8, 4) is 5.75 Å². The number of nitrogens with one attached hydrogen (secondary N) is 1. The fourth-order valence-electron chi connectivity index (χ4n) is 1.75. The lowest BCUT2D eigenvalue weighted by Crippen LogP contribution is -2.29. The van der Waals surface area contributed by atoms with Crippen LogP contribution in [-0.2, 0) is 27.8 Å². The standard InChI is InChI=1S/C11H17N2O4PS/c1-2-5-16-18(19)12-9(8-17-18)6-13-4-3-10(14)11(15)7-13/h3-4,7,9,15H,2,5-6,8H2,1H3,(H,12,19). The zero-order chi connectivity index (χ0) is 13.9. The Morgan fingerprint density at radius 1 is 1.74 bits per heavy atom. The van der Waals surface area contributed by atoms with E-state index in [9.17, 15) is 9.90 Å². The van der Waals surface area contributed by atoms with Crippen LogP contribution < -0.4 is 10.5 Å². The Hall–Kier alpha value is -0.590. The molecule has 1 aliphatic rings. The number of aromatic hydroxyl groups is 1. The topological polar surface area (TPSA) is 72.7 Å². The Labute approximate surface area is 117 Å². The van der Waals surface area contributed by atoms with Crippen molar-refractivity contribution in [3.63, 3.8) is 0 Å². The molecule has 2 rings (SSSR count). The van der Waals surface area contributed by atoms with Crippen LogP contribution in [0.4, 0.5) is 0 Å². The molecule has 2 unspecified atom stereocenters. The van der Waals surface area contributed by atoms with Crippen molar-refractivity contribution in [2.75, 3.05) is 13.2 Å². The fourth-order valence-corrected chi connectivity index (χ4v) is 4.23. The summed E-state index contributed by atoms with van der Waals surface area (Å²) in [5.74, 6) is -0.261. The zero-order valence-electron chi connectivity index (χ0n) is 10.6. The third-order valence-electron chi connectivity index (χ3n) is 2.64. The van der Waals surface area contributed by atoms with Crippen molar-refractivity contribution in [1.29, 1.82) is 0 Å². The summed E-state index contributed by atoms with van der Waals surface area (Å²) in [4.78, 5) is 11.1. The van der Waals surface area contributed by atoms with Crippen LogP contribution >= 0.6 is 7.07 Å². The SMILES string of the molecule is CCCO[P+]1([S-])NC(Cn2ccc(=O)c(O)c2)CO1. The predicted octanol–water partition coefficient (Wildman–Crippen LogP) is 1.19. The monoisotopic (exact) mass is 304 g/mol. The summed E-state index contributed by atoms with van der Waals surface area (Å²) >= 11 is 5.32. The van der Waals surface area contributed by atoms with E-state index >= 15 is 0 Å². The minimum Gasteiger partial charge on any atom is -0.503 e. The van der Waals surface area contributed by atoms with E-state index in [1.54, 1.807) is 10.8 Å². The van der Waals surface area contributed by atoms with E-state index in [2.05, 4.69) is 5.09 Å². The highest BCUT2D eigenvalue weighted by Crippen LogP contribution is 2.58. The first-order valence-corrected chi connectivity index (χ1v) is 8.72. The number of hydrogen-bond donors (Lipinski definition) is 2. The highest BCUT2D eigenvalue weighted by atomic mass is 32.7. The van der Waals surface area contributed by atoms with Crippen molar-refractivity contribution in [1.82, 2.24) is 9.65 Å². The first-order valence-electron chi connectivity index (χ1n) is 6.08. The van der Waals surface area contributed by atoms with Crippen LogP contribution in [0.25, 0.3) is 0 Å². The first-order chi connectivity index (χ1) is 9.02. The van der Waals surface area contributed by atoms with E-state index in [1.807, 2.05) is 6.92 Å². The second-order valence-electron chi connectivity index (χ2n) is 4.34. The molecule has 6 nitrogen and oxygen atoms in total. The van der Waals surface area contributed by atoms with Crippen molar-refractivity contribution >= 4 is 19.3 Å². The maximum atomic E-state index is 11.1. The van der Waals surface area contributed by atoms with Gasteiger partial charge in [-0.05, 0) is 6.42 Å². The lowest BCUT2D eigenvalue weighted by Gasteiger charge is -2.22. The Bertz CT molecular complexity index is 498. The molecule has 1 saturated heterocycles. The summed E-state index contributed by atoms with van der Waals surface area (Å²) in [6, 6.07) is 1.35. The lowest BCUT2D eigenvalue weighted by atomic mass is 10.3. The van der Waals surface area contributed by atoms with E-state index in [-0.39, 0.29) is 17.2 Å². The summed E-state index contributed by atoms with van der Waals surface area (Å²) < 4.78 is 12.8. The highest BCUT2D eigenvalue weighted by Gasteiger charge is 2.38. The lowest BCUT2D eigenvalue weighted by molar-refractivity contribution is 0.263. The van der Waals surface area contributed by atoms with Gasteiger partial charge in [0.2, 0.25) is 12.5 Å². The summed E-state index contributed by atoms with van der Waals surface area (Å²) in [5.41, 5.74) is -0.386. The number of aromatic nitrogens is 1. The Morgan fingerprint density at radius 2 is 2.53 bits per heavy atom. The Kier molecular flexibility index (Phi) is 4.86. The van der Waals surface area contributed by atoms with Crippen LogP contribution in [0.15, 0.2) is 23.3 Å². The van der Waals surface area contributed by atoms with Crippen LogP contribution in [0.1, 0.15) is 13.3 Å². The van der Waals surface area contributed by atoms with Gasteiger partial charge >= 0.3 is 0 Å². The predicted molar refractivity (Wildman–Crippen MR) is 75.8 cm³/mol. The molecule has 0 aliphatic carbocycles. The molecule has 0 radical (unpaired) electrons. The van der Waals surface area contributed by atoms with Gasteiger partial charge in [-0.15, -0.1) is 0 Å². The molecule has 1 aromatic rings. The number of nitrogens with zero attached hydrogens (tertiary/aromatic N) is 1. The molecule has 0 aromatic carbocycles. The van der Waals surface area contributed by atoms with Crippen LogP contribution in [0, 0.1) is 0 Å². The minimum absolute atomic E-state index is 0.0181. The molecule has 0 bridgehead atoms. The summed E-state index contributed by atoms with van der Waals surface area (Å²) in [6.45, 7) is 3.61. The van der Waals surface area contributed by atoms with Gasteiger partial charge in [0.05, 0.1) is 12.6 Å². The van der Waals surface area contributed by atoms with Crippen LogP contribution in [0.3, 0.4) is 0 Å². The van der Waals surface area contributed by atoms with Crippen molar-refractivity contribution in [2.45, 2.75) is 25.9 Å². The molecule has 1 aromatic heterocycles. The molecular formula is C11H17N2O4PS. The average molecular weight is 304 g/mol. The summed E-state index contributed by atoms with van der Waals surface area (Å²) in [5, 5.41) is 12.6. The fraction of sp³-hybridized carbons (Fsp3) is 0.545. The maximum Gasteiger partial charge on any atom is 0.229 e. The van der Waals surface area contributed by atoms with Crippen molar-refractivity contribution < 1.29 is 14.2 Å². The molecule has 1 aliphatic heterocycles. The molecular weight excluding hydrogens is 287 g/mol. The third-order valence-corrected chi connectivity index (χ3v) is 5.28. The first kappa shape index (κ1) is 14.8. The van der Waals surface area contributed by atoms with E-state index in [0.717, 1.165) is 6.42 Å². The quantitative estimate of drug-likeness (QED) is 0.629. The van der Waals surface area contributed by atoms with Crippen LogP contribution in [0.5, 0.6) is 5.75 Å². The van der Waals surface area contributed by atoms with E-state index in [1.165, 1.54) is 12.3 Å². The maximum absolute atomic E-state index is 11.1. The minimum atomic E-state index is -2.36. The van der Waals surface area contributed by atoms with Gasteiger partial charge in [-0.1, -0.05) is 6.92 Å². The van der Waals surface area contributed by atoms with E-state index in [4.69, 9.17) is 21.3 Å². The molecule has 0 amide bonds. The molecule has 19 heavy (non-hydrogen) atoms. The molecule has 2 N–H and O–H groups in total. The zero-order valence-corrected chi connectivity index (χ0v) is 12.3.